The Balaban J connectivity index is 1.61. The minimum Gasteiger partial charge on any atom is -0.368 e. The minimum atomic E-state index is -4.35. The summed E-state index contributed by atoms with van der Waals surface area (Å²) in [5.74, 6) is 0.604. The van der Waals surface area contributed by atoms with Crippen LogP contribution in [0.3, 0.4) is 0 Å². The third kappa shape index (κ3) is 5.16. The van der Waals surface area contributed by atoms with Crippen molar-refractivity contribution in [2.24, 2.45) is 0 Å². The van der Waals surface area contributed by atoms with Crippen LogP contribution in [0.15, 0.2) is 42.6 Å². The zero-order valence-corrected chi connectivity index (χ0v) is 16.4. The summed E-state index contributed by atoms with van der Waals surface area (Å²) < 4.78 is 38.1. The highest BCUT2D eigenvalue weighted by molar-refractivity contribution is 5.55. The van der Waals surface area contributed by atoms with Gasteiger partial charge in [-0.25, -0.2) is 4.98 Å². The summed E-state index contributed by atoms with van der Waals surface area (Å²) in [6.45, 7) is 4.19. The maximum absolute atomic E-state index is 12.7. The molecule has 7 heteroatoms. The van der Waals surface area contributed by atoms with Crippen LogP contribution >= 0.6 is 0 Å². The summed E-state index contributed by atoms with van der Waals surface area (Å²) in [6.07, 6.45) is -1.28. The molecule has 0 N–H and O–H groups in total. The lowest BCUT2D eigenvalue weighted by Crippen LogP contribution is -2.47. The van der Waals surface area contributed by atoms with Crippen molar-refractivity contribution in [2.45, 2.75) is 19.0 Å². The van der Waals surface area contributed by atoms with Gasteiger partial charge in [0.2, 0.25) is 0 Å². The van der Waals surface area contributed by atoms with Gasteiger partial charge in [0.25, 0.3) is 0 Å². The Morgan fingerprint density at radius 3 is 2.25 bits per heavy atom. The summed E-state index contributed by atoms with van der Waals surface area (Å²) in [5.41, 5.74) is 1.91. The largest absolute Gasteiger partial charge is 0.417 e. The van der Waals surface area contributed by atoms with E-state index in [-0.39, 0.29) is 0 Å². The van der Waals surface area contributed by atoms with Gasteiger partial charge in [-0.1, -0.05) is 18.2 Å². The molecule has 2 heterocycles. The van der Waals surface area contributed by atoms with Crippen LogP contribution in [-0.4, -0.2) is 56.7 Å². The van der Waals surface area contributed by atoms with Gasteiger partial charge in [-0.15, -0.1) is 0 Å². The Hall–Kier alpha value is -2.28. The van der Waals surface area contributed by atoms with E-state index in [0.717, 1.165) is 57.8 Å². The van der Waals surface area contributed by atoms with Crippen molar-refractivity contribution in [3.63, 3.8) is 0 Å². The van der Waals surface area contributed by atoms with Crippen LogP contribution in [-0.2, 0) is 12.6 Å². The fourth-order valence-corrected chi connectivity index (χ4v) is 3.53. The maximum Gasteiger partial charge on any atom is 0.417 e. The molecule has 0 spiro atoms. The van der Waals surface area contributed by atoms with Crippen molar-refractivity contribution in [2.75, 3.05) is 56.6 Å². The molecule has 0 bridgehead atoms. The fourth-order valence-electron chi connectivity index (χ4n) is 3.53. The van der Waals surface area contributed by atoms with Crippen molar-refractivity contribution < 1.29 is 13.2 Å². The van der Waals surface area contributed by atoms with Crippen molar-refractivity contribution in [3.8, 4) is 0 Å². The van der Waals surface area contributed by atoms with Crippen LogP contribution in [0.4, 0.5) is 24.7 Å². The van der Waals surface area contributed by atoms with Crippen LogP contribution in [0.1, 0.15) is 17.5 Å². The van der Waals surface area contributed by atoms with E-state index >= 15 is 0 Å². The third-order valence-corrected chi connectivity index (χ3v) is 5.06. The van der Waals surface area contributed by atoms with E-state index in [2.05, 4.69) is 53.1 Å². The standard InChI is InChI=1S/C21H27F3N4/c1-26(2)11-5-7-17-6-3-4-8-19(17)27-12-14-28(15-13-27)20-10-9-18(16-25-20)21(22,23)24/h3-4,6,8-10,16H,5,7,11-15H2,1-2H3. The molecule has 0 radical (unpaired) electrons. The van der Waals surface area contributed by atoms with Gasteiger partial charge in [0.05, 0.1) is 5.56 Å². The average molecular weight is 392 g/mol. The Labute approximate surface area is 164 Å². The summed E-state index contributed by atoms with van der Waals surface area (Å²) >= 11 is 0. The van der Waals surface area contributed by atoms with Gasteiger partial charge in [0.15, 0.2) is 0 Å². The fraction of sp³-hybridized carbons (Fsp3) is 0.476. The van der Waals surface area contributed by atoms with Gasteiger partial charge in [0, 0.05) is 38.1 Å². The number of anilines is 2. The quantitative estimate of drug-likeness (QED) is 0.743. The number of aromatic nitrogens is 1. The second-order valence-electron chi connectivity index (χ2n) is 7.41. The first kappa shape index (κ1) is 20.5. The normalized spacial score (nSPS) is 15.4. The van der Waals surface area contributed by atoms with E-state index in [1.165, 1.54) is 17.3 Å². The van der Waals surface area contributed by atoms with E-state index < -0.39 is 11.7 Å². The molecule has 1 fully saturated rings. The molecule has 1 aliphatic rings. The second-order valence-corrected chi connectivity index (χ2v) is 7.41. The number of hydrogen-bond donors (Lipinski definition) is 0. The molecule has 1 aliphatic heterocycles. The number of benzene rings is 1. The minimum absolute atomic E-state index is 0.604. The van der Waals surface area contributed by atoms with Crippen molar-refractivity contribution in [3.05, 3.63) is 53.7 Å². The summed E-state index contributed by atoms with van der Waals surface area (Å²) in [6, 6.07) is 11.1. The number of aryl methyl sites for hydroxylation is 1. The Bertz CT molecular complexity index is 751. The zero-order valence-electron chi connectivity index (χ0n) is 16.4. The molecule has 4 nitrogen and oxygen atoms in total. The van der Waals surface area contributed by atoms with E-state index in [4.69, 9.17) is 0 Å². The summed E-state index contributed by atoms with van der Waals surface area (Å²) in [7, 11) is 4.17. The molecule has 2 aromatic rings. The Kier molecular flexibility index (Phi) is 6.44. The first-order valence-corrected chi connectivity index (χ1v) is 9.60. The first-order valence-electron chi connectivity index (χ1n) is 9.60. The molecule has 0 aliphatic carbocycles. The number of para-hydroxylation sites is 1. The van der Waals surface area contributed by atoms with Crippen molar-refractivity contribution in [1.82, 2.24) is 9.88 Å². The lowest BCUT2D eigenvalue weighted by molar-refractivity contribution is -0.137. The van der Waals surface area contributed by atoms with Crippen LogP contribution in [0.25, 0.3) is 0 Å². The molecule has 1 aromatic heterocycles. The van der Waals surface area contributed by atoms with Crippen molar-refractivity contribution >= 4 is 11.5 Å². The molecule has 0 amide bonds. The van der Waals surface area contributed by atoms with E-state index in [1.807, 2.05) is 4.90 Å². The van der Waals surface area contributed by atoms with Gasteiger partial charge in [-0.05, 0) is 57.2 Å². The first-order chi connectivity index (χ1) is 13.3. The number of alkyl halides is 3. The van der Waals surface area contributed by atoms with E-state index in [0.29, 0.717) is 5.82 Å². The molecule has 152 valence electrons. The third-order valence-electron chi connectivity index (χ3n) is 5.06. The summed E-state index contributed by atoms with van der Waals surface area (Å²) in [5, 5.41) is 0. The number of nitrogens with zero attached hydrogens (tertiary/aromatic N) is 4. The topological polar surface area (TPSA) is 22.6 Å². The highest BCUT2D eigenvalue weighted by Gasteiger charge is 2.31. The predicted molar refractivity (Wildman–Crippen MR) is 107 cm³/mol. The predicted octanol–water partition coefficient (Wildman–Crippen LogP) is 3.92. The zero-order chi connectivity index (χ0) is 20.1. The molecular weight excluding hydrogens is 365 g/mol. The lowest BCUT2D eigenvalue weighted by Gasteiger charge is -2.37. The molecule has 0 unspecified atom stereocenters. The SMILES string of the molecule is CN(C)CCCc1ccccc1N1CCN(c2ccc(C(F)(F)F)cn2)CC1. The van der Waals surface area contributed by atoms with E-state index in [9.17, 15) is 13.2 Å². The van der Waals surface area contributed by atoms with Crippen LogP contribution in [0.2, 0.25) is 0 Å². The lowest BCUT2D eigenvalue weighted by atomic mass is 10.1. The number of hydrogen-bond acceptors (Lipinski definition) is 4. The van der Waals surface area contributed by atoms with Gasteiger partial charge in [0.1, 0.15) is 5.82 Å². The molecule has 0 saturated carbocycles. The molecule has 0 atom stereocenters. The Morgan fingerprint density at radius 1 is 0.964 bits per heavy atom. The number of halogens is 3. The smallest absolute Gasteiger partial charge is 0.368 e. The molecule has 28 heavy (non-hydrogen) atoms. The van der Waals surface area contributed by atoms with Gasteiger partial charge >= 0.3 is 6.18 Å². The monoisotopic (exact) mass is 392 g/mol. The maximum atomic E-state index is 12.7. The molecule has 1 saturated heterocycles. The second kappa shape index (κ2) is 8.82. The van der Waals surface area contributed by atoms with Gasteiger partial charge in [-0.3, -0.25) is 0 Å². The van der Waals surface area contributed by atoms with Crippen molar-refractivity contribution in [1.29, 1.82) is 0 Å². The average Bonchev–Trinajstić information content (AvgIpc) is 2.68. The molecular formula is C21H27F3N4. The Morgan fingerprint density at radius 2 is 1.64 bits per heavy atom. The number of rotatable bonds is 6. The van der Waals surface area contributed by atoms with Gasteiger partial charge in [-0.2, -0.15) is 13.2 Å². The number of piperazine rings is 1. The van der Waals surface area contributed by atoms with Crippen LogP contribution in [0, 0.1) is 0 Å². The van der Waals surface area contributed by atoms with Crippen LogP contribution in [0.5, 0.6) is 0 Å². The number of pyridine rings is 1. The van der Waals surface area contributed by atoms with Crippen LogP contribution < -0.4 is 9.80 Å². The molecule has 3 rings (SSSR count). The highest BCUT2D eigenvalue weighted by atomic mass is 19.4. The molecule has 1 aromatic carbocycles. The van der Waals surface area contributed by atoms with Gasteiger partial charge < -0.3 is 14.7 Å². The van der Waals surface area contributed by atoms with E-state index in [1.54, 1.807) is 0 Å². The summed E-state index contributed by atoms with van der Waals surface area (Å²) in [4.78, 5) is 10.6. The highest BCUT2D eigenvalue weighted by Crippen LogP contribution is 2.30.